The number of nitriles is 1. The summed E-state index contributed by atoms with van der Waals surface area (Å²) in [5.74, 6) is 0.552. The van der Waals surface area contributed by atoms with Crippen LogP contribution in [0.2, 0.25) is 0 Å². The van der Waals surface area contributed by atoms with Crippen LogP contribution in [0.15, 0.2) is 23.0 Å². The third-order valence-electron chi connectivity index (χ3n) is 3.00. The van der Waals surface area contributed by atoms with E-state index in [2.05, 4.69) is 26.6 Å². The lowest BCUT2D eigenvalue weighted by Crippen LogP contribution is -2.07. The first kappa shape index (κ1) is 14.5. The Labute approximate surface area is 121 Å². The molecule has 108 valence electrons. The van der Waals surface area contributed by atoms with E-state index in [1.54, 1.807) is 18.2 Å². The molecule has 0 atom stereocenters. The van der Waals surface area contributed by atoms with Crippen molar-refractivity contribution in [1.82, 2.24) is 15.2 Å². The van der Waals surface area contributed by atoms with Gasteiger partial charge in [-0.2, -0.15) is 10.4 Å². The SMILES string of the molecule is CC(=O)c1ccc(C#N)c(NCCCc2n[nH]c(=O)[nH]2)c1. The molecule has 0 bridgehead atoms. The molecule has 21 heavy (non-hydrogen) atoms. The molecule has 1 heterocycles. The number of aromatic amines is 2. The average Bonchev–Trinajstić information content (AvgIpc) is 2.89. The first-order valence-electron chi connectivity index (χ1n) is 6.52. The smallest absolute Gasteiger partial charge is 0.340 e. The fraction of sp³-hybridized carbons (Fsp3) is 0.286. The van der Waals surface area contributed by atoms with Crippen molar-refractivity contribution in [3.8, 4) is 6.07 Å². The average molecular weight is 285 g/mol. The molecule has 1 aromatic heterocycles. The van der Waals surface area contributed by atoms with E-state index < -0.39 is 0 Å². The fourth-order valence-corrected chi connectivity index (χ4v) is 1.91. The van der Waals surface area contributed by atoms with Gasteiger partial charge in [0.15, 0.2) is 5.78 Å². The van der Waals surface area contributed by atoms with Crippen LogP contribution in [-0.2, 0) is 6.42 Å². The zero-order chi connectivity index (χ0) is 15.2. The van der Waals surface area contributed by atoms with Crippen LogP contribution >= 0.6 is 0 Å². The molecular formula is C14H15N5O2. The van der Waals surface area contributed by atoms with E-state index in [9.17, 15) is 9.59 Å². The van der Waals surface area contributed by atoms with Crippen molar-refractivity contribution < 1.29 is 4.79 Å². The van der Waals surface area contributed by atoms with Gasteiger partial charge in [-0.1, -0.05) is 0 Å². The molecule has 0 unspecified atom stereocenters. The van der Waals surface area contributed by atoms with Gasteiger partial charge in [-0.25, -0.2) is 9.89 Å². The highest BCUT2D eigenvalue weighted by Gasteiger charge is 2.06. The van der Waals surface area contributed by atoms with Gasteiger partial charge in [0.05, 0.1) is 11.3 Å². The third-order valence-corrected chi connectivity index (χ3v) is 3.00. The summed E-state index contributed by atoms with van der Waals surface area (Å²) in [6, 6.07) is 7.03. The molecule has 0 amide bonds. The lowest BCUT2D eigenvalue weighted by Gasteiger charge is -2.09. The molecule has 0 aliphatic heterocycles. The number of nitrogens with zero attached hydrogens (tertiary/aromatic N) is 2. The molecule has 1 aromatic carbocycles. The van der Waals surface area contributed by atoms with Gasteiger partial charge in [0.25, 0.3) is 0 Å². The second-order valence-corrected chi connectivity index (χ2v) is 4.58. The van der Waals surface area contributed by atoms with Gasteiger partial charge >= 0.3 is 5.69 Å². The molecule has 0 saturated carbocycles. The Hall–Kier alpha value is -2.88. The van der Waals surface area contributed by atoms with E-state index in [1.165, 1.54) is 6.92 Å². The highest BCUT2D eigenvalue weighted by atomic mass is 16.1. The van der Waals surface area contributed by atoms with Crippen LogP contribution in [0, 0.1) is 11.3 Å². The number of carbonyl (C=O) groups excluding carboxylic acids is 1. The Bertz CT molecular complexity index is 738. The molecule has 0 fully saturated rings. The number of anilines is 1. The largest absolute Gasteiger partial charge is 0.384 e. The Balaban J connectivity index is 1.95. The number of aromatic nitrogens is 3. The highest BCUT2D eigenvalue weighted by Crippen LogP contribution is 2.17. The zero-order valence-electron chi connectivity index (χ0n) is 11.6. The number of hydrogen-bond acceptors (Lipinski definition) is 5. The minimum atomic E-state index is -0.320. The molecule has 7 heteroatoms. The number of nitrogens with one attached hydrogen (secondary N) is 3. The summed E-state index contributed by atoms with van der Waals surface area (Å²) in [5, 5.41) is 18.3. The van der Waals surface area contributed by atoms with Gasteiger partial charge in [0.1, 0.15) is 11.9 Å². The predicted octanol–water partition coefficient (Wildman–Crippen LogP) is 1.22. The number of Topliss-reactive ketones (excluding diaryl/α,β-unsaturated/α-hetero) is 1. The summed E-state index contributed by atoms with van der Waals surface area (Å²) < 4.78 is 0. The number of H-pyrrole nitrogens is 2. The maximum atomic E-state index is 11.4. The zero-order valence-corrected chi connectivity index (χ0v) is 11.6. The van der Waals surface area contributed by atoms with Gasteiger partial charge in [-0.3, -0.25) is 9.78 Å². The lowest BCUT2D eigenvalue weighted by atomic mass is 10.1. The van der Waals surface area contributed by atoms with E-state index in [0.717, 1.165) is 6.42 Å². The predicted molar refractivity (Wildman–Crippen MR) is 77.2 cm³/mol. The van der Waals surface area contributed by atoms with Gasteiger partial charge in [-0.15, -0.1) is 0 Å². The number of carbonyl (C=O) groups is 1. The van der Waals surface area contributed by atoms with Crippen molar-refractivity contribution in [3.63, 3.8) is 0 Å². The minimum Gasteiger partial charge on any atom is -0.384 e. The van der Waals surface area contributed by atoms with Crippen molar-refractivity contribution in [3.05, 3.63) is 45.6 Å². The second-order valence-electron chi connectivity index (χ2n) is 4.58. The number of hydrogen-bond donors (Lipinski definition) is 3. The van der Waals surface area contributed by atoms with Crippen LogP contribution in [0.5, 0.6) is 0 Å². The van der Waals surface area contributed by atoms with Crippen LogP contribution in [0.3, 0.4) is 0 Å². The summed E-state index contributed by atoms with van der Waals surface area (Å²) >= 11 is 0. The molecule has 0 aliphatic carbocycles. The van der Waals surface area contributed by atoms with Crippen molar-refractivity contribution in [2.75, 3.05) is 11.9 Å². The first-order valence-corrected chi connectivity index (χ1v) is 6.52. The Kier molecular flexibility index (Phi) is 4.51. The Morgan fingerprint density at radius 2 is 2.29 bits per heavy atom. The summed E-state index contributed by atoms with van der Waals surface area (Å²) in [6.07, 6.45) is 1.34. The van der Waals surface area contributed by atoms with Gasteiger partial charge in [0, 0.05) is 18.5 Å². The maximum absolute atomic E-state index is 11.4. The maximum Gasteiger partial charge on any atom is 0.340 e. The van der Waals surface area contributed by atoms with Crippen molar-refractivity contribution in [1.29, 1.82) is 5.26 Å². The topological polar surface area (TPSA) is 114 Å². The molecule has 0 saturated heterocycles. The minimum absolute atomic E-state index is 0.0448. The number of rotatable bonds is 6. The van der Waals surface area contributed by atoms with E-state index in [4.69, 9.17) is 5.26 Å². The number of aryl methyl sites for hydroxylation is 1. The van der Waals surface area contributed by atoms with E-state index in [-0.39, 0.29) is 11.5 Å². The molecule has 0 radical (unpaired) electrons. The summed E-state index contributed by atoms with van der Waals surface area (Å²) in [4.78, 5) is 24.8. The molecule has 2 aromatic rings. The van der Waals surface area contributed by atoms with Gasteiger partial charge < -0.3 is 5.32 Å². The van der Waals surface area contributed by atoms with Crippen LogP contribution in [0.4, 0.5) is 5.69 Å². The molecule has 0 spiro atoms. The summed E-state index contributed by atoms with van der Waals surface area (Å²) in [6.45, 7) is 2.09. The summed E-state index contributed by atoms with van der Waals surface area (Å²) in [7, 11) is 0. The normalized spacial score (nSPS) is 10.1. The molecule has 2 rings (SSSR count). The van der Waals surface area contributed by atoms with Crippen molar-refractivity contribution in [2.24, 2.45) is 0 Å². The standard InChI is InChI=1S/C14H15N5O2/c1-9(20)10-4-5-11(8-15)12(7-10)16-6-2-3-13-17-14(21)19-18-13/h4-5,7,16H,2-3,6H2,1H3,(H2,17,18,19,21). The first-order chi connectivity index (χ1) is 10.1. The molecule has 7 nitrogen and oxygen atoms in total. The molecule has 3 N–H and O–H groups in total. The van der Waals surface area contributed by atoms with Crippen molar-refractivity contribution in [2.45, 2.75) is 19.8 Å². The molecular weight excluding hydrogens is 270 g/mol. The number of benzene rings is 1. The second kappa shape index (κ2) is 6.52. The van der Waals surface area contributed by atoms with Crippen LogP contribution in [-0.4, -0.2) is 27.5 Å². The lowest BCUT2D eigenvalue weighted by molar-refractivity contribution is 0.101. The Morgan fingerprint density at radius 1 is 1.48 bits per heavy atom. The van der Waals surface area contributed by atoms with E-state index in [0.29, 0.717) is 35.6 Å². The van der Waals surface area contributed by atoms with Gasteiger partial charge in [-0.05, 0) is 31.5 Å². The van der Waals surface area contributed by atoms with E-state index in [1.807, 2.05) is 0 Å². The van der Waals surface area contributed by atoms with Crippen LogP contribution in [0.25, 0.3) is 0 Å². The van der Waals surface area contributed by atoms with Gasteiger partial charge in [0.2, 0.25) is 0 Å². The van der Waals surface area contributed by atoms with Crippen LogP contribution < -0.4 is 11.0 Å². The van der Waals surface area contributed by atoms with Crippen molar-refractivity contribution >= 4 is 11.5 Å². The third kappa shape index (κ3) is 3.79. The molecule has 0 aliphatic rings. The monoisotopic (exact) mass is 285 g/mol. The Morgan fingerprint density at radius 3 is 2.90 bits per heavy atom. The quantitative estimate of drug-likeness (QED) is 0.545. The fourth-order valence-electron chi connectivity index (χ4n) is 1.91. The van der Waals surface area contributed by atoms with Crippen LogP contribution in [0.1, 0.15) is 35.1 Å². The number of ketones is 1. The van der Waals surface area contributed by atoms with E-state index >= 15 is 0 Å². The highest BCUT2D eigenvalue weighted by molar-refractivity contribution is 5.95. The summed E-state index contributed by atoms with van der Waals surface area (Å²) in [5.41, 5.74) is 1.38.